The van der Waals surface area contributed by atoms with Crippen molar-refractivity contribution in [2.45, 2.75) is 32.2 Å². The largest absolute Gasteiger partial charge is 0.493 e. The van der Waals surface area contributed by atoms with Crippen LogP contribution in [-0.2, 0) is 13.0 Å². The van der Waals surface area contributed by atoms with E-state index in [1.54, 1.807) is 0 Å². The zero-order valence-electron chi connectivity index (χ0n) is 12.5. The van der Waals surface area contributed by atoms with Gasteiger partial charge in [0.05, 0.1) is 6.61 Å². The molecular weight excluding hydrogens is 284 g/mol. The first-order chi connectivity index (χ1) is 10.2. The average Bonchev–Trinajstić information content (AvgIpc) is 3.07. The second-order valence-corrected chi connectivity index (χ2v) is 7.30. The predicted molar refractivity (Wildman–Crippen MR) is 85.1 cm³/mol. The number of halogens is 1. The van der Waals surface area contributed by atoms with Crippen LogP contribution in [0.2, 0.25) is 5.02 Å². The summed E-state index contributed by atoms with van der Waals surface area (Å²) < 4.78 is 5.84. The number of hydrogen-bond acceptors (Lipinski definition) is 3. The van der Waals surface area contributed by atoms with Crippen molar-refractivity contribution in [2.24, 2.45) is 5.41 Å². The van der Waals surface area contributed by atoms with E-state index in [9.17, 15) is 0 Å². The fourth-order valence-electron chi connectivity index (χ4n) is 4.23. The molecular formula is C17H23ClN2O. The maximum Gasteiger partial charge on any atom is 0.127 e. The van der Waals surface area contributed by atoms with Crippen molar-refractivity contribution < 1.29 is 4.74 Å². The van der Waals surface area contributed by atoms with Gasteiger partial charge in [-0.15, -0.1) is 0 Å². The van der Waals surface area contributed by atoms with Gasteiger partial charge >= 0.3 is 0 Å². The van der Waals surface area contributed by atoms with Crippen LogP contribution in [0, 0.1) is 5.41 Å². The Balaban J connectivity index is 1.50. The number of ether oxygens (including phenoxy) is 1. The summed E-state index contributed by atoms with van der Waals surface area (Å²) in [7, 11) is 0. The van der Waals surface area contributed by atoms with Gasteiger partial charge in [0.15, 0.2) is 0 Å². The number of rotatable bonds is 2. The molecule has 0 radical (unpaired) electrons. The Morgan fingerprint density at radius 2 is 2.10 bits per heavy atom. The number of piperidine rings is 1. The van der Waals surface area contributed by atoms with Crippen molar-refractivity contribution in [3.05, 3.63) is 28.3 Å². The van der Waals surface area contributed by atoms with Gasteiger partial charge in [0, 0.05) is 30.1 Å². The number of nitrogens with one attached hydrogen (secondary N) is 1. The summed E-state index contributed by atoms with van der Waals surface area (Å²) in [6.45, 7) is 6.60. The second-order valence-electron chi connectivity index (χ2n) is 6.86. The highest BCUT2D eigenvalue weighted by Gasteiger charge is 2.38. The van der Waals surface area contributed by atoms with Crippen molar-refractivity contribution in [3.63, 3.8) is 0 Å². The topological polar surface area (TPSA) is 24.5 Å². The zero-order valence-corrected chi connectivity index (χ0v) is 13.2. The molecule has 3 nitrogen and oxygen atoms in total. The first-order valence-corrected chi connectivity index (χ1v) is 8.49. The Bertz CT molecular complexity index is 540. The Morgan fingerprint density at radius 3 is 2.95 bits per heavy atom. The molecule has 1 aromatic rings. The third kappa shape index (κ3) is 2.67. The van der Waals surface area contributed by atoms with E-state index in [2.05, 4.69) is 22.3 Å². The van der Waals surface area contributed by atoms with Crippen LogP contribution in [-0.4, -0.2) is 37.7 Å². The molecule has 4 heteroatoms. The van der Waals surface area contributed by atoms with E-state index >= 15 is 0 Å². The van der Waals surface area contributed by atoms with Crippen LogP contribution in [0.1, 0.15) is 30.4 Å². The summed E-state index contributed by atoms with van der Waals surface area (Å²) in [5.41, 5.74) is 3.13. The number of nitrogens with zero attached hydrogens (tertiary/aromatic N) is 1. The van der Waals surface area contributed by atoms with Crippen LogP contribution in [0.3, 0.4) is 0 Å². The lowest BCUT2D eigenvalue weighted by Crippen LogP contribution is -2.38. The van der Waals surface area contributed by atoms with E-state index in [1.807, 2.05) is 0 Å². The highest BCUT2D eigenvalue weighted by atomic mass is 35.5. The highest BCUT2D eigenvalue weighted by Crippen LogP contribution is 2.40. The van der Waals surface area contributed by atoms with Crippen LogP contribution in [0.15, 0.2) is 12.1 Å². The molecule has 1 aromatic carbocycles. The van der Waals surface area contributed by atoms with E-state index in [-0.39, 0.29) is 0 Å². The summed E-state index contributed by atoms with van der Waals surface area (Å²) in [4.78, 5) is 2.60. The van der Waals surface area contributed by atoms with E-state index in [4.69, 9.17) is 16.3 Å². The van der Waals surface area contributed by atoms with Crippen LogP contribution < -0.4 is 10.1 Å². The van der Waals surface area contributed by atoms with E-state index in [0.29, 0.717) is 5.41 Å². The van der Waals surface area contributed by atoms with Gasteiger partial charge in [0.25, 0.3) is 0 Å². The molecule has 0 amide bonds. The monoisotopic (exact) mass is 306 g/mol. The van der Waals surface area contributed by atoms with Crippen LogP contribution in [0.5, 0.6) is 5.75 Å². The smallest absolute Gasteiger partial charge is 0.127 e. The average molecular weight is 307 g/mol. The number of fused-ring (bicyclic) bond motifs is 1. The second kappa shape index (κ2) is 5.45. The number of likely N-dealkylation sites (tertiary alicyclic amines) is 1. The van der Waals surface area contributed by atoms with Crippen molar-refractivity contribution in [3.8, 4) is 5.75 Å². The Kier molecular flexibility index (Phi) is 3.60. The van der Waals surface area contributed by atoms with Crippen molar-refractivity contribution in [1.82, 2.24) is 10.2 Å². The summed E-state index contributed by atoms with van der Waals surface area (Å²) in [6.07, 6.45) is 5.00. The fraction of sp³-hybridized carbons (Fsp3) is 0.647. The third-order valence-electron chi connectivity index (χ3n) is 5.40. The van der Waals surface area contributed by atoms with Gasteiger partial charge in [0.2, 0.25) is 0 Å². The fourth-order valence-corrected chi connectivity index (χ4v) is 4.50. The molecule has 0 aliphatic carbocycles. The Labute approximate surface area is 131 Å². The molecule has 1 N–H and O–H groups in total. The van der Waals surface area contributed by atoms with Crippen molar-refractivity contribution in [2.75, 3.05) is 32.8 Å². The Hall–Kier alpha value is -0.770. The summed E-state index contributed by atoms with van der Waals surface area (Å²) in [5.74, 6) is 1.10. The molecule has 0 saturated carbocycles. The normalized spacial score (nSPS) is 24.2. The standard InChI is InChI=1S/C17H23ClN2O/c18-15-9-13-1-8-21-16(13)14(10-15)11-20-7-4-17(12-20)2-5-19-6-3-17/h9-10,19H,1-8,11-12H2. The van der Waals surface area contributed by atoms with Gasteiger partial charge in [0.1, 0.15) is 5.75 Å². The molecule has 1 spiro atoms. The zero-order chi connectivity index (χ0) is 14.3. The minimum atomic E-state index is 0.563. The molecule has 2 saturated heterocycles. The summed E-state index contributed by atoms with van der Waals surface area (Å²) >= 11 is 6.27. The third-order valence-corrected chi connectivity index (χ3v) is 5.62. The minimum absolute atomic E-state index is 0.563. The van der Waals surface area contributed by atoms with Gasteiger partial charge in [-0.1, -0.05) is 11.6 Å². The van der Waals surface area contributed by atoms with E-state index in [1.165, 1.54) is 56.6 Å². The van der Waals surface area contributed by atoms with Crippen molar-refractivity contribution >= 4 is 11.6 Å². The maximum atomic E-state index is 6.27. The van der Waals surface area contributed by atoms with Gasteiger partial charge in [-0.2, -0.15) is 0 Å². The SMILES string of the molecule is Clc1cc2c(c(CN3CCC4(CCNCC4)C3)c1)OCC2. The maximum absolute atomic E-state index is 6.27. The molecule has 3 aliphatic rings. The van der Waals surface area contributed by atoms with Gasteiger partial charge in [-0.3, -0.25) is 4.90 Å². The molecule has 0 bridgehead atoms. The first-order valence-electron chi connectivity index (χ1n) is 8.11. The molecule has 4 rings (SSSR count). The van der Waals surface area contributed by atoms with Crippen molar-refractivity contribution in [1.29, 1.82) is 0 Å². The molecule has 21 heavy (non-hydrogen) atoms. The quantitative estimate of drug-likeness (QED) is 0.909. The lowest BCUT2D eigenvalue weighted by atomic mass is 9.78. The first kappa shape index (κ1) is 13.9. The van der Waals surface area contributed by atoms with Crippen LogP contribution in [0.4, 0.5) is 0 Å². The van der Waals surface area contributed by atoms with Gasteiger partial charge in [-0.25, -0.2) is 0 Å². The van der Waals surface area contributed by atoms with Gasteiger partial charge in [-0.05, 0) is 62.0 Å². The predicted octanol–water partition coefficient (Wildman–Crippen LogP) is 2.85. The van der Waals surface area contributed by atoms with Gasteiger partial charge < -0.3 is 10.1 Å². The number of benzene rings is 1. The van der Waals surface area contributed by atoms with Crippen LogP contribution in [0.25, 0.3) is 0 Å². The lowest BCUT2D eigenvalue weighted by Gasteiger charge is -2.34. The summed E-state index contributed by atoms with van der Waals surface area (Å²) in [5, 5.41) is 4.34. The lowest BCUT2D eigenvalue weighted by molar-refractivity contribution is 0.193. The summed E-state index contributed by atoms with van der Waals surface area (Å²) in [6, 6.07) is 4.16. The van der Waals surface area contributed by atoms with E-state index < -0.39 is 0 Å². The molecule has 2 fully saturated rings. The minimum Gasteiger partial charge on any atom is -0.493 e. The molecule has 0 atom stereocenters. The van der Waals surface area contributed by atoms with E-state index in [0.717, 1.165) is 30.3 Å². The molecule has 3 heterocycles. The highest BCUT2D eigenvalue weighted by molar-refractivity contribution is 6.30. The molecule has 0 aromatic heterocycles. The molecule has 114 valence electrons. The number of hydrogen-bond donors (Lipinski definition) is 1. The molecule has 0 unspecified atom stereocenters. The Morgan fingerprint density at radius 1 is 1.24 bits per heavy atom. The van der Waals surface area contributed by atoms with Crippen LogP contribution >= 0.6 is 11.6 Å². The molecule has 3 aliphatic heterocycles.